The van der Waals surface area contributed by atoms with Crippen molar-refractivity contribution in [2.45, 2.75) is 18.9 Å². The van der Waals surface area contributed by atoms with Crippen LogP contribution in [-0.4, -0.2) is 22.3 Å². The van der Waals surface area contributed by atoms with Gasteiger partial charge in [0.1, 0.15) is 17.4 Å². The zero-order valence-electron chi connectivity index (χ0n) is 15.0. The zero-order valence-corrected chi connectivity index (χ0v) is 15.8. The summed E-state index contributed by atoms with van der Waals surface area (Å²) in [6.45, 7) is 0.703. The van der Waals surface area contributed by atoms with Crippen LogP contribution in [0, 0.1) is 5.82 Å². The topological polar surface area (TPSA) is 46.3 Å². The van der Waals surface area contributed by atoms with Gasteiger partial charge in [-0.05, 0) is 59.7 Å². The number of rotatable bonds is 3. The van der Waals surface area contributed by atoms with Gasteiger partial charge in [0.2, 0.25) is 5.89 Å². The second-order valence-corrected chi connectivity index (χ2v) is 7.83. The lowest BCUT2D eigenvalue weighted by molar-refractivity contribution is 0.0722. The Balaban J connectivity index is 1.48. The van der Waals surface area contributed by atoms with Gasteiger partial charge in [0.05, 0.1) is 4.88 Å². The Kier molecular flexibility index (Phi) is 4.20. The van der Waals surface area contributed by atoms with Crippen LogP contribution < -0.4 is 0 Å². The molecule has 2 aromatic heterocycles. The number of aromatic nitrogens is 1. The van der Waals surface area contributed by atoms with Crippen molar-refractivity contribution < 1.29 is 13.6 Å². The Bertz CT molecular complexity index is 1150. The molecule has 0 aliphatic carbocycles. The van der Waals surface area contributed by atoms with Crippen LogP contribution in [-0.2, 0) is 0 Å². The first kappa shape index (κ1) is 17.1. The van der Waals surface area contributed by atoms with Crippen molar-refractivity contribution in [1.29, 1.82) is 0 Å². The van der Waals surface area contributed by atoms with E-state index >= 15 is 0 Å². The van der Waals surface area contributed by atoms with E-state index in [2.05, 4.69) is 4.98 Å². The van der Waals surface area contributed by atoms with Crippen molar-refractivity contribution in [3.8, 4) is 11.1 Å². The third-order valence-electron chi connectivity index (χ3n) is 5.09. The molecule has 3 heterocycles. The van der Waals surface area contributed by atoms with Crippen molar-refractivity contribution in [2.75, 3.05) is 6.54 Å². The highest BCUT2D eigenvalue weighted by atomic mass is 32.1. The number of benzene rings is 2. The molecule has 6 heteroatoms. The summed E-state index contributed by atoms with van der Waals surface area (Å²) in [5, 5.41) is 1.91. The summed E-state index contributed by atoms with van der Waals surface area (Å²) in [7, 11) is 0. The van der Waals surface area contributed by atoms with Crippen LogP contribution in [0.4, 0.5) is 4.39 Å². The molecule has 5 rings (SSSR count). The van der Waals surface area contributed by atoms with Gasteiger partial charge in [0, 0.05) is 6.54 Å². The predicted molar refractivity (Wildman–Crippen MR) is 107 cm³/mol. The minimum atomic E-state index is -0.271. The zero-order chi connectivity index (χ0) is 19.1. The molecule has 1 fully saturated rings. The molecule has 1 saturated heterocycles. The molecular formula is C22H17FN2O2S. The molecule has 0 N–H and O–H groups in total. The number of carbonyl (C=O) groups excluding carboxylic acids is 1. The Morgan fingerprint density at radius 1 is 1.14 bits per heavy atom. The van der Waals surface area contributed by atoms with Gasteiger partial charge >= 0.3 is 0 Å². The molecule has 0 bridgehead atoms. The standard InChI is InChI=1S/C22H17FN2O2S/c23-16-5-1-4-14(12-16)15-8-9-19-17(13-15)24-21(27-19)18-6-2-10-25(18)22(26)20-7-3-11-28-20/h1,3-5,7-9,11-13,18H,2,6,10H2/t18-/m0/s1. The molecule has 1 amide bonds. The molecule has 0 spiro atoms. The molecule has 0 unspecified atom stereocenters. The van der Waals surface area contributed by atoms with Crippen LogP contribution in [0.3, 0.4) is 0 Å². The van der Waals surface area contributed by atoms with Gasteiger partial charge in [-0.2, -0.15) is 0 Å². The quantitative estimate of drug-likeness (QED) is 0.451. The number of hydrogen-bond acceptors (Lipinski definition) is 4. The Morgan fingerprint density at radius 2 is 2.04 bits per heavy atom. The minimum absolute atomic E-state index is 0.0280. The van der Waals surface area contributed by atoms with Crippen molar-refractivity contribution >= 4 is 28.3 Å². The number of likely N-dealkylation sites (tertiary alicyclic amines) is 1. The maximum absolute atomic E-state index is 13.5. The lowest BCUT2D eigenvalue weighted by atomic mass is 10.1. The van der Waals surface area contributed by atoms with E-state index in [1.807, 2.05) is 46.7 Å². The summed E-state index contributed by atoms with van der Waals surface area (Å²) < 4.78 is 19.5. The molecule has 140 valence electrons. The van der Waals surface area contributed by atoms with Crippen LogP contribution >= 0.6 is 11.3 Å². The third kappa shape index (κ3) is 2.99. The first-order chi connectivity index (χ1) is 13.7. The van der Waals surface area contributed by atoms with E-state index in [1.165, 1.54) is 23.5 Å². The van der Waals surface area contributed by atoms with E-state index in [4.69, 9.17) is 4.42 Å². The number of fused-ring (bicyclic) bond motifs is 1. The molecule has 1 aliphatic heterocycles. The summed E-state index contributed by atoms with van der Waals surface area (Å²) in [5.74, 6) is 0.320. The molecule has 0 saturated carbocycles. The van der Waals surface area contributed by atoms with Crippen molar-refractivity contribution in [3.63, 3.8) is 0 Å². The van der Waals surface area contributed by atoms with E-state index in [0.29, 0.717) is 23.5 Å². The maximum atomic E-state index is 13.5. The van der Waals surface area contributed by atoms with Crippen molar-refractivity contribution in [2.24, 2.45) is 0 Å². The monoisotopic (exact) mass is 392 g/mol. The van der Waals surface area contributed by atoms with E-state index in [9.17, 15) is 9.18 Å². The number of nitrogens with zero attached hydrogens (tertiary/aromatic N) is 2. The van der Waals surface area contributed by atoms with E-state index in [-0.39, 0.29) is 17.8 Å². The second kappa shape index (κ2) is 6.87. The predicted octanol–water partition coefficient (Wildman–Crippen LogP) is 5.67. The fourth-order valence-electron chi connectivity index (χ4n) is 3.74. The molecule has 28 heavy (non-hydrogen) atoms. The number of amides is 1. The molecule has 4 nitrogen and oxygen atoms in total. The molecule has 4 aromatic rings. The summed E-state index contributed by atoms with van der Waals surface area (Å²) in [5.41, 5.74) is 3.06. The third-order valence-corrected chi connectivity index (χ3v) is 5.95. The summed E-state index contributed by atoms with van der Waals surface area (Å²) >= 11 is 1.45. The first-order valence-corrected chi connectivity index (χ1v) is 10.1. The van der Waals surface area contributed by atoms with Gasteiger partial charge in [-0.15, -0.1) is 11.3 Å². The van der Waals surface area contributed by atoms with Gasteiger partial charge in [-0.25, -0.2) is 9.37 Å². The van der Waals surface area contributed by atoms with Gasteiger partial charge in [-0.3, -0.25) is 4.79 Å². The summed E-state index contributed by atoms with van der Waals surface area (Å²) in [6.07, 6.45) is 1.76. The summed E-state index contributed by atoms with van der Waals surface area (Å²) in [4.78, 5) is 20.1. The SMILES string of the molecule is O=C(c1cccs1)N1CCC[C@H]1c1nc2cc(-c3cccc(F)c3)ccc2o1. The number of carbonyl (C=O) groups is 1. The smallest absolute Gasteiger partial charge is 0.264 e. The molecule has 2 aromatic carbocycles. The summed E-state index contributed by atoms with van der Waals surface area (Å²) in [6, 6.07) is 15.7. The van der Waals surface area contributed by atoms with Crippen LogP contribution in [0.5, 0.6) is 0 Å². The van der Waals surface area contributed by atoms with Crippen LogP contribution in [0.1, 0.15) is 34.4 Å². The van der Waals surface area contributed by atoms with Gasteiger partial charge < -0.3 is 9.32 Å². The van der Waals surface area contributed by atoms with Crippen LogP contribution in [0.25, 0.3) is 22.2 Å². The number of hydrogen-bond donors (Lipinski definition) is 0. The number of oxazole rings is 1. The van der Waals surface area contributed by atoms with E-state index in [0.717, 1.165) is 28.8 Å². The average Bonchev–Trinajstić information content (AvgIpc) is 3.46. The lowest BCUT2D eigenvalue weighted by Crippen LogP contribution is -2.30. The molecule has 0 radical (unpaired) electrons. The number of thiophene rings is 1. The van der Waals surface area contributed by atoms with Gasteiger partial charge in [0.15, 0.2) is 5.58 Å². The fraction of sp³-hybridized carbons (Fsp3) is 0.182. The van der Waals surface area contributed by atoms with Crippen molar-refractivity contribution in [3.05, 3.63) is 76.6 Å². The lowest BCUT2D eigenvalue weighted by Gasteiger charge is -2.21. The van der Waals surface area contributed by atoms with Crippen LogP contribution in [0.15, 0.2) is 64.4 Å². The van der Waals surface area contributed by atoms with Crippen LogP contribution in [0.2, 0.25) is 0 Å². The fourth-order valence-corrected chi connectivity index (χ4v) is 4.42. The molecule has 1 atom stereocenters. The first-order valence-electron chi connectivity index (χ1n) is 9.20. The average molecular weight is 392 g/mol. The highest BCUT2D eigenvalue weighted by Gasteiger charge is 2.34. The Hall–Kier alpha value is -2.99. The maximum Gasteiger partial charge on any atom is 0.264 e. The normalized spacial score (nSPS) is 16.8. The minimum Gasteiger partial charge on any atom is -0.438 e. The molecule has 1 aliphatic rings. The van der Waals surface area contributed by atoms with Gasteiger partial charge in [-0.1, -0.05) is 24.3 Å². The largest absolute Gasteiger partial charge is 0.438 e. The van der Waals surface area contributed by atoms with E-state index in [1.54, 1.807) is 6.07 Å². The molecular weight excluding hydrogens is 375 g/mol. The number of halogens is 1. The highest BCUT2D eigenvalue weighted by Crippen LogP contribution is 2.35. The Labute approximate surface area is 165 Å². The van der Waals surface area contributed by atoms with Crippen molar-refractivity contribution in [1.82, 2.24) is 9.88 Å². The van der Waals surface area contributed by atoms with E-state index < -0.39 is 0 Å². The highest BCUT2D eigenvalue weighted by molar-refractivity contribution is 7.12. The second-order valence-electron chi connectivity index (χ2n) is 6.88. The Morgan fingerprint density at radius 3 is 2.86 bits per heavy atom. The van der Waals surface area contributed by atoms with Gasteiger partial charge in [0.25, 0.3) is 5.91 Å².